The molecule has 2 rings (SSSR count). The molecule has 1 saturated heterocycles. The van der Waals surface area contributed by atoms with Gasteiger partial charge in [-0.05, 0) is 34.1 Å². The number of sulfonamides is 1. The van der Waals surface area contributed by atoms with Gasteiger partial charge >= 0.3 is 5.97 Å². The number of carboxylic acid groups (broad SMARTS) is 1. The number of benzene rings is 1. The lowest BCUT2D eigenvalue weighted by Crippen LogP contribution is -2.50. The first-order valence-corrected chi connectivity index (χ1v) is 8.34. The Balaban J connectivity index is 2.41. The molecule has 1 aliphatic rings. The summed E-state index contributed by atoms with van der Waals surface area (Å²) in [5.74, 6) is -1.14. The predicted octanol–water partition coefficient (Wildman–Crippen LogP) is 0.529. The smallest absolute Gasteiger partial charge is 0.335 e. The molecule has 7 nitrogen and oxygen atoms in total. The molecule has 0 aliphatic carbocycles. The van der Waals surface area contributed by atoms with Crippen molar-refractivity contribution in [2.24, 2.45) is 0 Å². The topological polar surface area (TPSA) is 104 Å². The highest BCUT2D eigenvalue weighted by molar-refractivity contribution is 9.10. The number of rotatable bonds is 4. The van der Waals surface area contributed by atoms with Crippen molar-refractivity contribution in [1.29, 1.82) is 0 Å². The minimum Gasteiger partial charge on any atom is -0.478 e. The van der Waals surface area contributed by atoms with E-state index in [9.17, 15) is 18.3 Å². The molecule has 9 heteroatoms. The van der Waals surface area contributed by atoms with E-state index in [-0.39, 0.29) is 41.3 Å². The highest BCUT2D eigenvalue weighted by Gasteiger charge is 2.34. The summed E-state index contributed by atoms with van der Waals surface area (Å²) in [7, 11) is -3.84. The van der Waals surface area contributed by atoms with Crippen LogP contribution in [-0.4, -0.2) is 61.3 Å². The van der Waals surface area contributed by atoms with E-state index in [1.54, 1.807) is 0 Å². The zero-order valence-corrected chi connectivity index (χ0v) is 13.3. The summed E-state index contributed by atoms with van der Waals surface area (Å²) in [4.78, 5) is 10.8. The molecule has 0 aromatic heterocycles. The van der Waals surface area contributed by atoms with Crippen LogP contribution in [0.15, 0.2) is 27.6 Å². The zero-order chi connectivity index (χ0) is 15.6. The van der Waals surface area contributed by atoms with Gasteiger partial charge in [-0.3, -0.25) is 0 Å². The molecule has 0 amide bonds. The molecule has 1 aromatic rings. The maximum absolute atomic E-state index is 12.6. The predicted molar refractivity (Wildman–Crippen MR) is 76.7 cm³/mol. The Bertz CT molecular complexity index is 647. The molecule has 0 saturated carbocycles. The number of morpholine rings is 1. The van der Waals surface area contributed by atoms with Crippen molar-refractivity contribution >= 4 is 31.9 Å². The first kappa shape index (κ1) is 16.4. The maximum atomic E-state index is 12.6. The van der Waals surface area contributed by atoms with E-state index in [1.807, 2.05) is 0 Å². The van der Waals surface area contributed by atoms with Crippen molar-refractivity contribution in [3.63, 3.8) is 0 Å². The van der Waals surface area contributed by atoms with E-state index in [0.717, 1.165) is 0 Å². The van der Waals surface area contributed by atoms with Gasteiger partial charge in [-0.15, -0.1) is 0 Å². The first-order valence-electron chi connectivity index (χ1n) is 6.11. The number of carboxylic acids is 1. The Morgan fingerprint density at radius 2 is 2.19 bits per heavy atom. The van der Waals surface area contributed by atoms with Gasteiger partial charge in [0.05, 0.1) is 36.3 Å². The third-order valence-electron chi connectivity index (χ3n) is 3.15. The second-order valence-corrected chi connectivity index (χ2v) is 7.19. The van der Waals surface area contributed by atoms with Crippen LogP contribution in [0.3, 0.4) is 0 Å². The lowest BCUT2D eigenvalue weighted by molar-refractivity contribution is 0.0109. The molecule has 1 unspecified atom stereocenters. The summed E-state index contributed by atoms with van der Waals surface area (Å²) in [6.07, 6.45) is 0. The van der Waals surface area contributed by atoms with Crippen molar-refractivity contribution < 1.29 is 28.2 Å². The molecular weight excluding hydrogens is 366 g/mol. The Morgan fingerprint density at radius 1 is 1.48 bits per heavy atom. The van der Waals surface area contributed by atoms with Crippen LogP contribution in [0.25, 0.3) is 0 Å². The van der Waals surface area contributed by atoms with Crippen LogP contribution in [0.4, 0.5) is 0 Å². The monoisotopic (exact) mass is 379 g/mol. The molecule has 1 atom stereocenters. The van der Waals surface area contributed by atoms with Gasteiger partial charge in [-0.1, -0.05) is 0 Å². The highest BCUT2D eigenvalue weighted by atomic mass is 79.9. The van der Waals surface area contributed by atoms with Crippen LogP contribution in [0.5, 0.6) is 0 Å². The highest BCUT2D eigenvalue weighted by Crippen LogP contribution is 2.28. The average molecular weight is 380 g/mol. The van der Waals surface area contributed by atoms with Crippen molar-refractivity contribution in [2.75, 3.05) is 26.4 Å². The van der Waals surface area contributed by atoms with E-state index in [1.165, 1.54) is 22.5 Å². The second kappa shape index (κ2) is 6.41. The molecule has 21 heavy (non-hydrogen) atoms. The molecule has 116 valence electrons. The normalized spacial score (nSPS) is 20.4. The number of hydrogen-bond donors (Lipinski definition) is 2. The van der Waals surface area contributed by atoms with Gasteiger partial charge in [0.15, 0.2) is 0 Å². The van der Waals surface area contributed by atoms with Crippen molar-refractivity contribution in [1.82, 2.24) is 4.31 Å². The summed E-state index contributed by atoms with van der Waals surface area (Å²) in [5.41, 5.74) is -0.0125. The Kier molecular flexibility index (Phi) is 4.99. The van der Waals surface area contributed by atoms with E-state index < -0.39 is 22.0 Å². The van der Waals surface area contributed by atoms with Gasteiger partial charge in [0, 0.05) is 11.0 Å². The van der Waals surface area contributed by atoms with Gasteiger partial charge in [0.25, 0.3) is 0 Å². The Hall–Kier alpha value is -1.00. The number of aromatic carboxylic acids is 1. The third kappa shape index (κ3) is 3.27. The van der Waals surface area contributed by atoms with Crippen LogP contribution in [0.2, 0.25) is 0 Å². The second-order valence-electron chi connectivity index (χ2n) is 4.48. The SMILES string of the molecule is O=C(O)c1ccc(S(=O)(=O)N2CCOCC2CO)c(Br)c1. The van der Waals surface area contributed by atoms with Gasteiger partial charge in [0.1, 0.15) is 0 Å². The van der Waals surface area contributed by atoms with Crippen LogP contribution >= 0.6 is 15.9 Å². The van der Waals surface area contributed by atoms with E-state index in [2.05, 4.69) is 15.9 Å². The number of hydrogen-bond acceptors (Lipinski definition) is 5. The zero-order valence-electron chi connectivity index (χ0n) is 10.9. The number of carbonyl (C=O) groups is 1. The van der Waals surface area contributed by atoms with Crippen LogP contribution < -0.4 is 0 Å². The summed E-state index contributed by atoms with van der Waals surface area (Å²) < 4.78 is 31.8. The van der Waals surface area contributed by atoms with Crippen LogP contribution in [0.1, 0.15) is 10.4 Å². The van der Waals surface area contributed by atoms with Gasteiger partial charge in [-0.2, -0.15) is 4.31 Å². The minimum absolute atomic E-state index is 0.0125. The molecule has 0 spiro atoms. The number of nitrogens with zero attached hydrogens (tertiary/aromatic N) is 1. The molecule has 1 aromatic carbocycles. The number of ether oxygens (including phenoxy) is 1. The summed E-state index contributed by atoms with van der Waals surface area (Å²) in [6.45, 7) is 0.172. The van der Waals surface area contributed by atoms with Gasteiger partial charge < -0.3 is 14.9 Å². The van der Waals surface area contributed by atoms with Gasteiger partial charge in [0.2, 0.25) is 10.0 Å². The molecule has 1 heterocycles. The maximum Gasteiger partial charge on any atom is 0.335 e. The molecule has 2 N–H and O–H groups in total. The number of aliphatic hydroxyl groups is 1. The summed E-state index contributed by atoms with van der Waals surface area (Å²) in [5, 5.41) is 18.2. The van der Waals surface area contributed by atoms with Crippen molar-refractivity contribution in [3.8, 4) is 0 Å². The largest absolute Gasteiger partial charge is 0.478 e. The summed E-state index contributed by atoms with van der Waals surface area (Å²) >= 11 is 3.10. The lowest BCUT2D eigenvalue weighted by Gasteiger charge is -2.33. The molecule has 1 aliphatic heterocycles. The summed E-state index contributed by atoms with van der Waals surface area (Å²) in [6, 6.07) is 3.07. The third-order valence-corrected chi connectivity index (χ3v) is 6.08. The van der Waals surface area contributed by atoms with E-state index >= 15 is 0 Å². The fourth-order valence-electron chi connectivity index (χ4n) is 2.07. The fraction of sp³-hybridized carbons (Fsp3) is 0.417. The van der Waals surface area contributed by atoms with Gasteiger partial charge in [-0.25, -0.2) is 13.2 Å². The van der Waals surface area contributed by atoms with Crippen molar-refractivity contribution in [2.45, 2.75) is 10.9 Å². The average Bonchev–Trinajstić information content (AvgIpc) is 2.46. The standard InChI is InChI=1S/C12H14BrNO6S/c13-10-5-8(12(16)17)1-2-11(10)21(18,19)14-3-4-20-7-9(14)6-15/h1-2,5,9,15H,3-4,6-7H2,(H,16,17). The Labute approximate surface area is 130 Å². The minimum atomic E-state index is -3.84. The van der Waals surface area contributed by atoms with E-state index in [4.69, 9.17) is 9.84 Å². The quantitative estimate of drug-likeness (QED) is 0.790. The Morgan fingerprint density at radius 3 is 2.76 bits per heavy atom. The number of aliphatic hydroxyl groups excluding tert-OH is 1. The molecular formula is C12H14BrNO6S. The van der Waals surface area contributed by atoms with E-state index in [0.29, 0.717) is 0 Å². The van der Waals surface area contributed by atoms with Crippen LogP contribution in [0, 0.1) is 0 Å². The first-order chi connectivity index (χ1) is 9.87. The molecule has 1 fully saturated rings. The fourth-order valence-corrected chi connectivity index (χ4v) is 4.69. The lowest BCUT2D eigenvalue weighted by atomic mass is 10.2. The molecule has 0 bridgehead atoms. The molecule has 0 radical (unpaired) electrons. The number of halogens is 1. The van der Waals surface area contributed by atoms with Crippen LogP contribution in [-0.2, 0) is 14.8 Å². The van der Waals surface area contributed by atoms with Crippen molar-refractivity contribution in [3.05, 3.63) is 28.2 Å².